The minimum atomic E-state index is -0.266. The van der Waals surface area contributed by atoms with Gasteiger partial charge in [0, 0.05) is 28.5 Å². The van der Waals surface area contributed by atoms with Crippen LogP contribution in [-0.2, 0) is 0 Å². The van der Waals surface area contributed by atoms with Crippen LogP contribution in [0.25, 0.3) is 0 Å². The summed E-state index contributed by atoms with van der Waals surface area (Å²) in [5, 5.41) is 0. The summed E-state index contributed by atoms with van der Waals surface area (Å²) in [4.78, 5) is 31.5. The Balaban J connectivity index is 1.57. The van der Waals surface area contributed by atoms with Crippen LogP contribution in [0.1, 0.15) is 45.7 Å². The molecule has 0 saturated heterocycles. The molecule has 1 aliphatic heterocycles. The predicted octanol–water partition coefficient (Wildman–Crippen LogP) is 6.53. The highest BCUT2D eigenvalue weighted by atomic mass is 16.5. The molecule has 192 valence electrons. The number of carbonyl (C=O) groups is 2. The first-order valence-corrected chi connectivity index (χ1v) is 12.6. The number of benzene rings is 4. The van der Waals surface area contributed by atoms with Gasteiger partial charge in [-0.3, -0.25) is 9.59 Å². The van der Waals surface area contributed by atoms with Crippen molar-refractivity contribution in [2.24, 2.45) is 0 Å². The third-order valence-corrected chi connectivity index (χ3v) is 7.02. The third-order valence-electron chi connectivity index (χ3n) is 7.02. The van der Waals surface area contributed by atoms with E-state index in [1.54, 1.807) is 62.8 Å². The maximum Gasteiger partial charge on any atom is 0.258 e. The van der Waals surface area contributed by atoms with Gasteiger partial charge >= 0.3 is 0 Å². The zero-order chi connectivity index (χ0) is 26.6. The van der Waals surface area contributed by atoms with E-state index >= 15 is 0 Å². The SMILES string of the molecule is COc1ccc(C(=O)N2c3ccccc3[C@H](N(C(=O)c3ccc(OC)cc3)c3ccccc3)C[C@H]2C)cc1. The minimum absolute atomic E-state index is 0.0844. The number of carbonyl (C=O) groups excluding carboxylic acids is 2. The van der Waals surface area contributed by atoms with Crippen molar-refractivity contribution in [3.63, 3.8) is 0 Å². The normalized spacial score (nSPS) is 16.3. The molecule has 0 aromatic heterocycles. The molecular formula is C32H30N2O4. The Hall–Kier alpha value is -4.58. The average molecular weight is 507 g/mol. The lowest BCUT2D eigenvalue weighted by Crippen LogP contribution is -2.47. The van der Waals surface area contributed by atoms with E-state index in [2.05, 4.69) is 0 Å². The van der Waals surface area contributed by atoms with Gasteiger partial charge < -0.3 is 19.3 Å². The molecule has 38 heavy (non-hydrogen) atoms. The van der Waals surface area contributed by atoms with Gasteiger partial charge in [-0.2, -0.15) is 0 Å². The summed E-state index contributed by atoms with van der Waals surface area (Å²) < 4.78 is 10.5. The second-order valence-corrected chi connectivity index (χ2v) is 9.30. The predicted molar refractivity (Wildman–Crippen MR) is 149 cm³/mol. The fourth-order valence-corrected chi connectivity index (χ4v) is 5.11. The summed E-state index contributed by atoms with van der Waals surface area (Å²) in [6, 6.07) is 31.5. The lowest BCUT2D eigenvalue weighted by atomic mass is 9.89. The number of rotatable bonds is 6. The van der Waals surface area contributed by atoms with Crippen LogP contribution in [0.15, 0.2) is 103 Å². The van der Waals surface area contributed by atoms with Crippen molar-refractivity contribution in [1.82, 2.24) is 0 Å². The molecule has 0 radical (unpaired) electrons. The molecule has 0 bridgehead atoms. The molecule has 2 amide bonds. The van der Waals surface area contributed by atoms with E-state index < -0.39 is 0 Å². The Bertz CT molecular complexity index is 1420. The van der Waals surface area contributed by atoms with Crippen LogP contribution in [0.3, 0.4) is 0 Å². The molecule has 6 heteroatoms. The summed E-state index contributed by atoms with van der Waals surface area (Å²) in [6.45, 7) is 2.03. The van der Waals surface area contributed by atoms with E-state index in [1.807, 2.05) is 71.3 Å². The molecular weight excluding hydrogens is 476 g/mol. The fraction of sp³-hybridized carbons (Fsp3) is 0.188. The number of hydrogen-bond acceptors (Lipinski definition) is 4. The number of ether oxygens (including phenoxy) is 2. The average Bonchev–Trinajstić information content (AvgIpc) is 2.97. The largest absolute Gasteiger partial charge is 0.497 e. The van der Waals surface area contributed by atoms with Crippen molar-refractivity contribution >= 4 is 23.2 Å². The molecule has 1 aliphatic rings. The van der Waals surface area contributed by atoms with Crippen molar-refractivity contribution in [2.45, 2.75) is 25.4 Å². The molecule has 0 fully saturated rings. The third kappa shape index (κ3) is 4.73. The van der Waals surface area contributed by atoms with Gasteiger partial charge in [0.15, 0.2) is 0 Å². The van der Waals surface area contributed by atoms with Gasteiger partial charge in [-0.1, -0.05) is 36.4 Å². The molecule has 5 rings (SSSR count). The fourth-order valence-electron chi connectivity index (χ4n) is 5.11. The number of methoxy groups -OCH3 is 2. The number of amides is 2. The van der Waals surface area contributed by atoms with Gasteiger partial charge in [-0.25, -0.2) is 0 Å². The maximum atomic E-state index is 14.1. The van der Waals surface area contributed by atoms with Gasteiger partial charge in [0.2, 0.25) is 0 Å². The summed E-state index contributed by atoms with van der Waals surface area (Å²) in [7, 11) is 3.21. The van der Waals surface area contributed by atoms with Gasteiger partial charge in [0.25, 0.3) is 11.8 Å². The van der Waals surface area contributed by atoms with Crippen molar-refractivity contribution in [3.8, 4) is 11.5 Å². The Morgan fingerprint density at radius 1 is 0.737 bits per heavy atom. The van der Waals surface area contributed by atoms with Crippen LogP contribution in [0.5, 0.6) is 11.5 Å². The molecule has 2 atom stereocenters. The van der Waals surface area contributed by atoms with Crippen LogP contribution in [0.4, 0.5) is 11.4 Å². The smallest absolute Gasteiger partial charge is 0.258 e. The van der Waals surface area contributed by atoms with Crippen LogP contribution in [0.2, 0.25) is 0 Å². The molecule has 0 unspecified atom stereocenters. The summed E-state index contributed by atoms with van der Waals surface area (Å²) in [5.41, 5.74) is 3.69. The van der Waals surface area contributed by atoms with Crippen LogP contribution in [-0.4, -0.2) is 32.1 Å². The standard InChI is InChI=1S/C32H30N2O4/c1-22-21-30(34(25-9-5-4-6-10-25)32(36)24-15-19-27(38-3)20-16-24)28-11-7-8-12-29(28)33(22)31(35)23-13-17-26(37-2)18-14-23/h4-20,22,30H,21H2,1-3H3/t22-,30-/m1/s1. The number of anilines is 2. The van der Waals surface area contributed by atoms with E-state index in [0.717, 1.165) is 16.9 Å². The monoisotopic (exact) mass is 506 g/mol. The van der Waals surface area contributed by atoms with Gasteiger partial charge in [-0.05, 0) is 85.6 Å². The summed E-state index contributed by atoms with van der Waals surface area (Å²) >= 11 is 0. The molecule has 4 aromatic rings. The molecule has 0 saturated carbocycles. The van der Waals surface area contributed by atoms with E-state index in [-0.39, 0.29) is 23.9 Å². The molecule has 0 spiro atoms. The van der Waals surface area contributed by atoms with Crippen molar-refractivity contribution in [2.75, 3.05) is 24.0 Å². The Kier molecular flexibility index (Phi) is 7.13. The van der Waals surface area contributed by atoms with E-state index in [1.165, 1.54) is 0 Å². The number of nitrogens with zero attached hydrogens (tertiary/aromatic N) is 2. The molecule has 6 nitrogen and oxygen atoms in total. The van der Waals surface area contributed by atoms with Crippen LogP contribution in [0, 0.1) is 0 Å². The molecule has 1 heterocycles. The molecule has 0 N–H and O–H groups in total. The van der Waals surface area contributed by atoms with Crippen molar-refractivity contribution < 1.29 is 19.1 Å². The van der Waals surface area contributed by atoms with Crippen LogP contribution < -0.4 is 19.3 Å². The maximum absolute atomic E-state index is 14.1. The molecule has 0 aliphatic carbocycles. The summed E-state index contributed by atoms with van der Waals surface area (Å²) in [5.74, 6) is 1.20. The Morgan fingerprint density at radius 3 is 1.89 bits per heavy atom. The number of fused-ring (bicyclic) bond motifs is 1. The first-order valence-electron chi connectivity index (χ1n) is 12.6. The first kappa shape index (κ1) is 25.1. The lowest BCUT2D eigenvalue weighted by molar-refractivity contribution is 0.0965. The zero-order valence-corrected chi connectivity index (χ0v) is 21.7. The molecule has 4 aromatic carbocycles. The van der Waals surface area contributed by atoms with Crippen molar-refractivity contribution in [1.29, 1.82) is 0 Å². The second-order valence-electron chi connectivity index (χ2n) is 9.30. The first-order chi connectivity index (χ1) is 18.5. The van der Waals surface area contributed by atoms with Gasteiger partial charge in [-0.15, -0.1) is 0 Å². The van der Waals surface area contributed by atoms with E-state index in [9.17, 15) is 9.59 Å². The topological polar surface area (TPSA) is 59.1 Å². The zero-order valence-electron chi connectivity index (χ0n) is 21.7. The Labute approximate surface area is 223 Å². The highest BCUT2D eigenvalue weighted by molar-refractivity contribution is 6.09. The van der Waals surface area contributed by atoms with E-state index in [4.69, 9.17) is 9.47 Å². The van der Waals surface area contributed by atoms with Gasteiger partial charge in [0.1, 0.15) is 11.5 Å². The Morgan fingerprint density at radius 2 is 1.29 bits per heavy atom. The quantitative estimate of drug-likeness (QED) is 0.298. The van der Waals surface area contributed by atoms with Crippen molar-refractivity contribution in [3.05, 3.63) is 120 Å². The van der Waals surface area contributed by atoms with Gasteiger partial charge in [0.05, 0.1) is 20.3 Å². The van der Waals surface area contributed by atoms with E-state index in [0.29, 0.717) is 29.0 Å². The number of para-hydroxylation sites is 2. The second kappa shape index (κ2) is 10.8. The lowest BCUT2D eigenvalue weighted by Gasteiger charge is -2.43. The number of hydrogen-bond donors (Lipinski definition) is 0. The summed E-state index contributed by atoms with van der Waals surface area (Å²) in [6.07, 6.45) is 0.579. The minimum Gasteiger partial charge on any atom is -0.497 e. The highest BCUT2D eigenvalue weighted by Gasteiger charge is 2.39. The van der Waals surface area contributed by atoms with Crippen LogP contribution >= 0.6 is 0 Å². The highest BCUT2D eigenvalue weighted by Crippen LogP contribution is 2.43.